The first-order valence-electron chi connectivity index (χ1n) is 4.27. The van der Waals surface area contributed by atoms with Gasteiger partial charge in [0.05, 0.1) is 18.1 Å². The van der Waals surface area contributed by atoms with Gasteiger partial charge in [-0.2, -0.15) is 11.8 Å². The molecule has 5 nitrogen and oxygen atoms in total. The lowest BCUT2D eigenvalue weighted by Gasteiger charge is -2.24. The highest BCUT2D eigenvalue weighted by Crippen LogP contribution is 2.08. The maximum absolute atomic E-state index is 10.5. The maximum atomic E-state index is 10.5. The number of carbonyl (C=O) groups is 1. The lowest BCUT2D eigenvalue weighted by Crippen LogP contribution is -2.75. The van der Waals surface area contributed by atoms with Gasteiger partial charge in [-0.3, -0.25) is 10.7 Å². The molecule has 0 rings (SSSR count). The van der Waals surface area contributed by atoms with Crippen LogP contribution in [0.2, 0.25) is 0 Å². The molecular weight excluding hydrogens is 214 g/mol. The Kier molecular flexibility index (Phi) is 8.37. The molecule has 6 heteroatoms. The first-order chi connectivity index (χ1) is 6.36. The Morgan fingerprint density at radius 3 is 2.53 bits per heavy atom. The van der Waals surface area contributed by atoms with Crippen LogP contribution in [-0.4, -0.2) is 35.4 Å². The minimum Gasteiger partial charge on any atom is -0.548 e. The number of hydrogen-bond donors (Lipinski definition) is 3. The summed E-state index contributed by atoms with van der Waals surface area (Å²) in [5, 5.41) is 10.5. The number of hydrogen-bond acceptors (Lipinski definition) is 4. The van der Waals surface area contributed by atoms with E-state index >= 15 is 0 Å². The number of nitrogens with two attached hydrogens (primary N) is 2. The standard InChI is InChI=1S/C8H17N3O2S.CH4/c1-6(9)11-3-4-14-5-8(2,10)7(12)13;/h3-5,10H2,1-2H3,(H2,9,11)(H,12,13);1H4/t8-;/m1./s1. The van der Waals surface area contributed by atoms with Crippen LogP contribution in [0.1, 0.15) is 21.3 Å². The van der Waals surface area contributed by atoms with Crippen molar-refractivity contribution in [2.45, 2.75) is 26.8 Å². The molecular formula is C9H21N3O2S. The summed E-state index contributed by atoms with van der Waals surface area (Å²) in [4.78, 5) is 13.4. The van der Waals surface area contributed by atoms with E-state index in [1.54, 1.807) is 6.92 Å². The van der Waals surface area contributed by atoms with Crippen molar-refractivity contribution in [3.63, 3.8) is 0 Å². The van der Waals surface area contributed by atoms with E-state index in [9.17, 15) is 9.90 Å². The fraction of sp³-hybridized carbons (Fsp3) is 0.778. The van der Waals surface area contributed by atoms with Gasteiger partial charge in [0.2, 0.25) is 5.84 Å². The zero-order valence-electron chi connectivity index (χ0n) is 8.50. The third-order valence-corrected chi connectivity index (χ3v) is 2.82. The Morgan fingerprint density at radius 2 is 2.13 bits per heavy atom. The number of carboxylic acid groups (broad SMARTS) is 1. The van der Waals surface area contributed by atoms with Crippen LogP contribution in [0.15, 0.2) is 0 Å². The molecule has 0 unspecified atom stereocenters. The topological polar surface area (TPSA) is 106 Å². The first kappa shape index (κ1) is 16.7. The average Bonchev–Trinajstić information content (AvgIpc) is 2.02. The highest BCUT2D eigenvalue weighted by molar-refractivity contribution is 7.99. The van der Waals surface area contributed by atoms with Gasteiger partial charge in [-0.1, -0.05) is 7.43 Å². The smallest absolute Gasteiger partial charge is 0.237 e. The van der Waals surface area contributed by atoms with Crippen molar-refractivity contribution in [2.75, 3.05) is 18.1 Å². The molecule has 0 heterocycles. The summed E-state index contributed by atoms with van der Waals surface area (Å²) >= 11 is 1.45. The van der Waals surface area contributed by atoms with Crippen molar-refractivity contribution in [1.29, 1.82) is 0 Å². The number of carbonyl (C=O) groups excluding carboxylic acids is 1. The monoisotopic (exact) mass is 235 g/mol. The Bertz CT molecular complexity index is 225. The van der Waals surface area contributed by atoms with Gasteiger partial charge in [0.1, 0.15) is 0 Å². The summed E-state index contributed by atoms with van der Waals surface area (Å²) < 4.78 is 0. The predicted octanol–water partition coefficient (Wildman–Crippen LogP) is -2.72. The lowest BCUT2D eigenvalue weighted by atomic mass is 10.1. The SMILES string of the molecule is C.CC(N)=[NH+]CCSC[C@@](C)(N)C(=O)[O-]. The van der Waals surface area contributed by atoms with Crippen LogP contribution >= 0.6 is 11.8 Å². The van der Waals surface area contributed by atoms with Crippen molar-refractivity contribution in [3.8, 4) is 0 Å². The van der Waals surface area contributed by atoms with Gasteiger partial charge < -0.3 is 15.6 Å². The summed E-state index contributed by atoms with van der Waals surface area (Å²) in [7, 11) is 0. The largest absolute Gasteiger partial charge is 0.548 e. The number of amidine groups is 1. The van der Waals surface area contributed by atoms with Crippen LogP contribution in [0.3, 0.4) is 0 Å². The van der Waals surface area contributed by atoms with Gasteiger partial charge >= 0.3 is 0 Å². The Morgan fingerprint density at radius 1 is 1.60 bits per heavy atom. The quantitative estimate of drug-likeness (QED) is 0.263. The first-order valence-corrected chi connectivity index (χ1v) is 5.42. The number of thioether (sulfide) groups is 1. The Labute approximate surface area is 95.3 Å². The van der Waals surface area contributed by atoms with Crippen molar-refractivity contribution in [3.05, 3.63) is 0 Å². The van der Waals surface area contributed by atoms with Gasteiger partial charge in [0, 0.05) is 18.4 Å². The molecule has 0 bridgehead atoms. The van der Waals surface area contributed by atoms with E-state index in [1.807, 2.05) is 0 Å². The van der Waals surface area contributed by atoms with Crippen LogP contribution in [0.5, 0.6) is 0 Å². The molecule has 1 atom stereocenters. The van der Waals surface area contributed by atoms with Crippen molar-refractivity contribution >= 4 is 23.6 Å². The van der Waals surface area contributed by atoms with Crippen molar-refractivity contribution in [2.24, 2.45) is 11.5 Å². The van der Waals surface area contributed by atoms with E-state index in [0.29, 0.717) is 18.1 Å². The summed E-state index contributed by atoms with van der Waals surface area (Å²) in [5.74, 6) is 0.524. The van der Waals surface area contributed by atoms with Crippen molar-refractivity contribution < 1.29 is 14.9 Å². The highest BCUT2D eigenvalue weighted by atomic mass is 32.2. The van der Waals surface area contributed by atoms with Crippen LogP contribution in [-0.2, 0) is 4.79 Å². The zero-order valence-corrected chi connectivity index (χ0v) is 9.32. The second-order valence-corrected chi connectivity index (χ2v) is 4.47. The summed E-state index contributed by atoms with van der Waals surface area (Å²) in [6.45, 7) is 3.91. The van der Waals surface area contributed by atoms with Crippen molar-refractivity contribution in [1.82, 2.24) is 0 Å². The summed E-state index contributed by atoms with van der Waals surface area (Å²) in [5.41, 5.74) is 9.59. The molecule has 0 aromatic rings. The average molecular weight is 235 g/mol. The van der Waals surface area contributed by atoms with E-state index in [-0.39, 0.29) is 7.43 Å². The van der Waals surface area contributed by atoms with Gasteiger partial charge in [-0.15, -0.1) is 0 Å². The molecule has 0 aliphatic carbocycles. The molecule has 0 saturated heterocycles. The Balaban J connectivity index is 0. The van der Waals surface area contributed by atoms with E-state index in [0.717, 1.165) is 5.75 Å². The number of nitrogens with one attached hydrogen (secondary N) is 1. The molecule has 0 fully saturated rings. The fourth-order valence-corrected chi connectivity index (χ4v) is 1.60. The molecule has 15 heavy (non-hydrogen) atoms. The molecule has 0 amide bonds. The Hall–Kier alpha value is -0.750. The molecule has 90 valence electrons. The molecule has 5 N–H and O–H groups in total. The maximum Gasteiger partial charge on any atom is 0.237 e. The molecule has 0 aromatic heterocycles. The van der Waals surface area contributed by atoms with Crippen LogP contribution in [0.4, 0.5) is 0 Å². The third kappa shape index (κ3) is 8.26. The minimum absolute atomic E-state index is 0. The van der Waals surface area contributed by atoms with E-state index in [4.69, 9.17) is 11.5 Å². The molecule has 0 aliphatic heterocycles. The normalized spacial score (nSPS) is 15.3. The molecule has 0 saturated carbocycles. The predicted molar refractivity (Wildman–Crippen MR) is 62.4 cm³/mol. The second kappa shape index (κ2) is 7.53. The number of rotatable bonds is 6. The van der Waals surface area contributed by atoms with Gasteiger partial charge in [0.25, 0.3) is 0 Å². The van der Waals surface area contributed by atoms with E-state index < -0.39 is 11.5 Å². The zero-order chi connectivity index (χ0) is 11.2. The molecule has 0 aromatic carbocycles. The number of aliphatic carboxylic acids is 1. The summed E-state index contributed by atoms with van der Waals surface area (Å²) in [6.07, 6.45) is 0. The van der Waals surface area contributed by atoms with Gasteiger partial charge in [-0.25, -0.2) is 0 Å². The van der Waals surface area contributed by atoms with Crippen LogP contribution in [0, 0.1) is 0 Å². The molecule has 0 aliphatic rings. The van der Waals surface area contributed by atoms with Crippen LogP contribution in [0.25, 0.3) is 0 Å². The highest BCUT2D eigenvalue weighted by Gasteiger charge is 2.19. The lowest BCUT2D eigenvalue weighted by molar-refractivity contribution is -0.452. The second-order valence-electron chi connectivity index (χ2n) is 3.37. The fourth-order valence-electron chi connectivity index (χ4n) is 0.663. The van der Waals surface area contributed by atoms with Gasteiger partial charge in [-0.05, 0) is 6.92 Å². The van der Waals surface area contributed by atoms with E-state index in [1.165, 1.54) is 18.7 Å². The summed E-state index contributed by atoms with van der Waals surface area (Å²) in [6, 6.07) is 0. The number of carboxylic acids is 1. The third-order valence-electron chi connectivity index (χ3n) is 1.52. The molecule has 0 radical (unpaired) electrons. The van der Waals surface area contributed by atoms with Gasteiger partial charge in [0.15, 0.2) is 0 Å². The molecule has 0 spiro atoms. The minimum atomic E-state index is -1.26. The van der Waals surface area contributed by atoms with E-state index in [2.05, 4.69) is 4.99 Å². The van der Waals surface area contributed by atoms with Crippen LogP contribution < -0.4 is 21.6 Å².